The van der Waals surface area contributed by atoms with Crippen molar-refractivity contribution in [2.24, 2.45) is 0 Å². The Morgan fingerprint density at radius 2 is 1.71 bits per heavy atom. The standard InChI is InChI=1S/C15H18N2O3S/c1-20-14(19)11-8-6-10(7-9-11)13(18)17-15(21)16-12-4-2-3-5-12/h6-9,12H,2-5H2,1H3,(H2,16,17,18,21). The van der Waals surface area contributed by atoms with E-state index in [0.29, 0.717) is 22.3 Å². The highest BCUT2D eigenvalue weighted by Crippen LogP contribution is 2.17. The van der Waals surface area contributed by atoms with E-state index < -0.39 is 5.97 Å². The molecule has 1 saturated carbocycles. The molecule has 1 fully saturated rings. The third-order valence-corrected chi connectivity index (χ3v) is 3.71. The Hall–Kier alpha value is -1.95. The van der Waals surface area contributed by atoms with Crippen LogP contribution in [0.4, 0.5) is 0 Å². The summed E-state index contributed by atoms with van der Waals surface area (Å²) in [6.45, 7) is 0. The van der Waals surface area contributed by atoms with Crippen LogP contribution in [0.1, 0.15) is 46.4 Å². The Bertz CT molecular complexity index is 536. The molecule has 6 heteroatoms. The molecular weight excluding hydrogens is 288 g/mol. The van der Waals surface area contributed by atoms with E-state index in [0.717, 1.165) is 12.8 Å². The summed E-state index contributed by atoms with van der Waals surface area (Å²) in [7, 11) is 1.32. The molecule has 5 nitrogen and oxygen atoms in total. The van der Waals surface area contributed by atoms with Crippen molar-refractivity contribution in [3.63, 3.8) is 0 Å². The molecule has 0 bridgehead atoms. The topological polar surface area (TPSA) is 67.4 Å². The lowest BCUT2D eigenvalue weighted by Crippen LogP contribution is -2.43. The van der Waals surface area contributed by atoms with Crippen LogP contribution in [-0.4, -0.2) is 30.1 Å². The summed E-state index contributed by atoms with van der Waals surface area (Å²) >= 11 is 5.14. The molecule has 0 atom stereocenters. The third-order valence-electron chi connectivity index (χ3n) is 3.49. The van der Waals surface area contributed by atoms with E-state index in [4.69, 9.17) is 12.2 Å². The maximum absolute atomic E-state index is 12.0. The lowest BCUT2D eigenvalue weighted by Gasteiger charge is -2.14. The van der Waals surface area contributed by atoms with Crippen molar-refractivity contribution in [2.75, 3.05) is 7.11 Å². The van der Waals surface area contributed by atoms with Gasteiger partial charge in [0.25, 0.3) is 5.91 Å². The van der Waals surface area contributed by atoms with E-state index in [1.54, 1.807) is 24.3 Å². The highest BCUT2D eigenvalue weighted by atomic mass is 32.1. The van der Waals surface area contributed by atoms with Crippen LogP contribution >= 0.6 is 12.2 Å². The van der Waals surface area contributed by atoms with E-state index in [9.17, 15) is 9.59 Å². The zero-order chi connectivity index (χ0) is 15.2. The molecule has 1 aromatic carbocycles. The van der Waals surface area contributed by atoms with Gasteiger partial charge in [-0.15, -0.1) is 0 Å². The fraction of sp³-hybridized carbons (Fsp3) is 0.400. The van der Waals surface area contributed by atoms with Gasteiger partial charge in [0.05, 0.1) is 12.7 Å². The molecule has 1 aliphatic rings. The summed E-state index contributed by atoms with van der Waals surface area (Å²) in [5, 5.41) is 6.15. The minimum Gasteiger partial charge on any atom is -0.465 e. The van der Waals surface area contributed by atoms with Gasteiger partial charge < -0.3 is 10.1 Å². The summed E-state index contributed by atoms with van der Waals surface area (Å²) in [5.41, 5.74) is 0.846. The van der Waals surface area contributed by atoms with Gasteiger partial charge in [-0.25, -0.2) is 4.79 Å². The summed E-state index contributed by atoms with van der Waals surface area (Å²) in [6.07, 6.45) is 4.57. The van der Waals surface area contributed by atoms with E-state index >= 15 is 0 Å². The molecule has 2 rings (SSSR count). The van der Waals surface area contributed by atoms with Crippen LogP contribution in [0, 0.1) is 0 Å². The maximum Gasteiger partial charge on any atom is 0.337 e. The molecule has 0 spiro atoms. The summed E-state index contributed by atoms with van der Waals surface area (Å²) in [4.78, 5) is 23.3. The average molecular weight is 306 g/mol. The summed E-state index contributed by atoms with van der Waals surface area (Å²) in [6, 6.07) is 6.60. The van der Waals surface area contributed by atoms with Gasteiger partial charge in [0, 0.05) is 11.6 Å². The van der Waals surface area contributed by atoms with Crippen molar-refractivity contribution < 1.29 is 14.3 Å². The Kier molecular flexibility index (Phi) is 5.27. The largest absolute Gasteiger partial charge is 0.465 e. The highest BCUT2D eigenvalue weighted by Gasteiger charge is 2.17. The van der Waals surface area contributed by atoms with Crippen LogP contribution < -0.4 is 10.6 Å². The van der Waals surface area contributed by atoms with Crippen molar-refractivity contribution in [3.05, 3.63) is 35.4 Å². The van der Waals surface area contributed by atoms with Crippen LogP contribution in [0.2, 0.25) is 0 Å². The maximum atomic E-state index is 12.0. The number of hydrogen-bond donors (Lipinski definition) is 2. The van der Waals surface area contributed by atoms with Gasteiger partial charge in [0.2, 0.25) is 0 Å². The molecule has 21 heavy (non-hydrogen) atoms. The Labute approximate surface area is 129 Å². The molecule has 0 heterocycles. The molecule has 1 amide bonds. The number of benzene rings is 1. The second-order valence-electron chi connectivity index (χ2n) is 4.98. The van der Waals surface area contributed by atoms with Crippen molar-refractivity contribution in [2.45, 2.75) is 31.7 Å². The van der Waals surface area contributed by atoms with Crippen LogP contribution in [0.25, 0.3) is 0 Å². The molecule has 0 aromatic heterocycles. The van der Waals surface area contributed by atoms with Gasteiger partial charge in [0.15, 0.2) is 5.11 Å². The van der Waals surface area contributed by atoms with E-state index in [2.05, 4.69) is 15.4 Å². The molecule has 2 N–H and O–H groups in total. The zero-order valence-corrected chi connectivity index (χ0v) is 12.7. The number of esters is 1. The first-order valence-corrected chi connectivity index (χ1v) is 7.31. The van der Waals surface area contributed by atoms with Crippen molar-refractivity contribution >= 4 is 29.2 Å². The molecule has 0 saturated heterocycles. The highest BCUT2D eigenvalue weighted by molar-refractivity contribution is 7.80. The number of ether oxygens (including phenoxy) is 1. The number of carbonyl (C=O) groups excluding carboxylic acids is 2. The lowest BCUT2D eigenvalue weighted by molar-refractivity contribution is 0.0600. The number of carbonyl (C=O) groups is 2. The van der Waals surface area contributed by atoms with Crippen LogP contribution in [0.15, 0.2) is 24.3 Å². The van der Waals surface area contributed by atoms with Crippen LogP contribution in [0.5, 0.6) is 0 Å². The average Bonchev–Trinajstić information content (AvgIpc) is 2.99. The molecule has 0 unspecified atom stereocenters. The van der Waals surface area contributed by atoms with Gasteiger partial charge in [0.1, 0.15) is 0 Å². The number of thiocarbonyl (C=S) groups is 1. The monoisotopic (exact) mass is 306 g/mol. The third kappa shape index (κ3) is 4.26. The van der Waals surface area contributed by atoms with Crippen molar-refractivity contribution in [1.29, 1.82) is 0 Å². The van der Waals surface area contributed by atoms with E-state index in [-0.39, 0.29) is 5.91 Å². The Morgan fingerprint density at radius 3 is 2.29 bits per heavy atom. The predicted octanol–water partition coefficient (Wildman–Crippen LogP) is 2.02. The van der Waals surface area contributed by atoms with E-state index in [1.165, 1.54) is 20.0 Å². The van der Waals surface area contributed by atoms with Crippen LogP contribution in [-0.2, 0) is 4.74 Å². The minimum atomic E-state index is -0.430. The quantitative estimate of drug-likeness (QED) is 0.660. The zero-order valence-electron chi connectivity index (χ0n) is 11.8. The Morgan fingerprint density at radius 1 is 1.14 bits per heavy atom. The molecule has 1 aromatic rings. The smallest absolute Gasteiger partial charge is 0.337 e. The SMILES string of the molecule is COC(=O)c1ccc(C(=O)NC(=S)NC2CCCC2)cc1. The van der Waals surface area contributed by atoms with Gasteiger partial charge >= 0.3 is 5.97 Å². The van der Waals surface area contributed by atoms with Gasteiger partial charge in [-0.05, 0) is 49.3 Å². The fourth-order valence-electron chi connectivity index (χ4n) is 2.34. The summed E-state index contributed by atoms with van der Waals surface area (Å²) in [5.74, 6) is -0.720. The second-order valence-corrected chi connectivity index (χ2v) is 5.39. The first kappa shape index (κ1) is 15.4. The predicted molar refractivity (Wildman–Crippen MR) is 83.2 cm³/mol. The number of hydrogen-bond acceptors (Lipinski definition) is 4. The Balaban J connectivity index is 1.90. The van der Waals surface area contributed by atoms with E-state index in [1.807, 2.05) is 0 Å². The normalized spacial score (nSPS) is 14.5. The van der Waals surface area contributed by atoms with Gasteiger partial charge in [-0.3, -0.25) is 10.1 Å². The molecular formula is C15H18N2O3S. The second kappa shape index (κ2) is 7.17. The first-order chi connectivity index (χ1) is 10.1. The van der Waals surface area contributed by atoms with Crippen molar-refractivity contribution in [3.8, 4) is 0 Å². The summed E-state index contributed by atoms with van der Waals surface area (Å²) < 4.78 is 4.61. The number of methoxy groups -OCH3 is 1. The minimum absolute atomic E-state index is 0.290. The molecule has 0 aliphatic heterocycles. The van der Waals surface area contributed by atoms with Gasteiger partial charge in [-0.1, -0.05) is 12.8 Å². The first-order valence-electron chi connectivity index (χ1n) is 6.90. The molecule has 1 aliphatic carbocycles. The number of nitrogens with one attached hydrogen (secondary N) is 2. The van der Waals surface area contributed by atoms with Crippen molar-refractivity contribution in [1.82, 2.24) is 10.6 Å². The van der Waals surface area contributed by atoms with Gasteiger partial charge in [-0.2, -0.15) is 0 Å². The number of rotatable bonds is 3. The lowest BCUT2D eigenvalue weighted by atomic mass is 10.1. The fourth-order valence-corrected chi connectivity index (χ4v) is 2.60. The number of amides is 1. The van der Waals surface area contributed by atoms with Crippen LogP contribution in [0.3, 0.4) is 0 Å². The molecule has 112 valence electrons. The molecule has 0 radical (unpaired) electrons.